The summed E-state index contributed by atoms with van der Waals surface area (Å²) in [5, 5.41) is 16.0. The molecule has 0 aliphatic rings. The molecular weight excluding hydrogens is 334 g/mol. The lowest BCUT2D eigenvalue weighted by Gasteiger charge is -2.12. The molecule has 0 radical (unpaired) electrons. The Morgan fingerprint density at radius 3 is 2.81 bits per heavy atom. The van der Waals surface area contributed by atoms with E-state index in [0.717, 1.165) is 5.56 Å². The molecule has 2 rings (SSSR count). The zero-order valence-corrected chi connectivity index (χ0v) is 14.8. The lowest BCUT2D eigenvalue weighted by molar-refractivity contribution is 0.251. The first kappa shape index (κ1) is 19.0. The Labute approximate surface area is 151 Å². The first-order chi connectivity index (χ1) is 12.5. The van der Waals surface area contributed by atoms with Crippen LogP contribution in [0.5, 0.6) is 5.88 Å². The van der Waals surface area contributed by atoms with Gasteiger partial charge in [0.1, 0.15) is 11.7 Å². The van der Waals surface area contributed by atoms with E-state index in [2.05, 4.69) is 25.9 Å². The summed E-state index contributed by atoms with van der Waals surface area (Å²) in [6.45, 7) is 5.12. The van der Waals surface area contributed by atoms with E-state index in [4.69, 9.17) is 15.9 Å². The normalized spacial score (nSPS) is 10.1. The van der Waals surface area contributed by atoms with Gasteiger partial charge in [-0.05, 0) is 19.9 Å². The molecule has 0 aliphatic carbocycles. The highest BCUT2D eigenvalue weighted by Gasteiger charge is 2.10. The minimum Gasteiger partial charge on any atom is -0.478 e. The molecule has 9 heteroatoms. The maximum Gasteiger partial charge on any atom is 0.320 e. The van der Waals surface area contributed by atoms with Crippen molar-refractivity contribution in [3.63, 3.8) is 0 Å². The Balaban J connectivity index is 1.96. The van der Waals surface area contributed by atoms with Gasteiger partial charge in [-0.2, -0.15) is 0 Å². The summed E-state index contributed by atoms with van der Waals surface area (Å²) in [5.74, 6) is 0.974. The van der Waals surface area contributed by atoms with Gasteiger partial charge < -0.3 is 21.1 Å². The van der Waals surface area contributed by atoms with Gasteiger partial charge in [-0.1, -0.05) is 6.07 Å². The van der Waals surface area contributed by atoms with E-state index in [1.54, 1.807) is 12.3 Å². The third kappa shape index (κ3) is 5.07. The number of amidine groups is 1. The Morgan fingerprint density at radius 2 is 2.12 bits per heavy atom. The fourth-order valence-corrected chi connectivity index (χ4v) is 2.18. The van der Waals surface area contributed by atoms with E-state index < -0.39 is 6.03 Å². The molecule has 2 aromatic rings. The number of nitrogens with zero attached hydrogens (tertiary/aromatic N) is 2. The number of anilines is 2. The molecule has 0 fully saturated rings. The maximum atomic E-state index is 12.1. The number of amides is 2. The number of carbonyl (C=O) groups is 1. The average Bonchev–Trinajstić information content (AvgIpc) is 2.61. The van der Waals surface area contributed by atoms with Gasteiger partial charge in [0.25, 0.3) is 0 Å². The lowest BCUT2D eigenvalue weighted by Crippen LogP contribution is -2.29. The number of aromatic nitrogens is 2. The Morgan fingerprint density at radius 1 is 1.31 bits per heavy atom. The van der Waals surface area contributed by atoms with Crippen LogP contribution in [0.2, 0.25) is 0 Å². The van der Waals surface area contributed by atoms with Gasteiger partial charge >= 0.3 is 6.03 Å². The number of pyridine rings is 2. The lowest BCUT2D eigenvalue weighted by atomic mass is 10.2. The molecule has 0 bridgehead atoms. The van der Waals surface area contributed by atoms with Crippen LogP contribution in [-0.2, 0) is 6.54 Å². The van der Waals surface area contributed by atoms with E-state index in [9.17, 15) is 4.79 Å². The van der Waals surface area contributed by atoms with Gasteiger partial charge in [-0.25, -0.2) is 14.8 Å². The molecule has 9 nitrogen and oxygen atoms in total. The number of nitrogens with one attached hydrogen (secondary N) is 4. The van der Waals surface area contributed by atoms with E-state index >= 15 is 0 Å². The SMILES string of the molecule is CCNC(=N)c1cnc(NC(=O)NCc2cccnc2OCC)cc1N. The van der Waals surface area contributed by atoms with Crippen LogP contribution in [0, 0.1) is 5.41 Å². The molecule has 0 saturated carbocycles. The minimum atomic E-state index is -0.433. The van der Waals surface area contributed by atoms with Crippen LogP contribution >= 0.6 is 0 Å². The largest absolute Gasteiger partial charge is 0.478 e. The van der Waals surface area contributed by atoms with Crippen LogP contribution in [0.4, 0.5) is 16.3 Å². The minimum absolute atomic E-state index is 0.188. The Hall–Kier alpha value is -3.36. The predicted octanol–water partition coefficient (Wildman–Crippen LogP) is 1.71. The van der Waals surface area contributed by atoms with Crippen molar-refractivity contribution in [2.24, 2.45) is 0 Å². The van der Waals surface area contributed by atoms with Crippen molar-refractivity contribution >= 4 is 23.4 Å². The van der Waals surface area contributed by atoms with Crippen LogP contribution in [0.15, 0.2) is 30.6 Å². The van der Waals surface area contributed by atoms with Gasteiger partial charge in [0.15, 0.2) is 0 Å². The van der Waals surface area contributed by atoms with Crippen LogP contribution in [0.25, 0.3) is 0 Å². The molecule has 2 aromatic heterocycles. The van der Waals surface area contributed by atoms with Crippen LogP contribution < -0.4 is 26.4 Å². The van der Waals surface area contributed by atoms with Gasteiger partial charge in [0.05, 0.1) is 12.2 Å². The predicted molar refractivity (Wildman–Crippen MR) is 100 cm³/mol. The summed E-state index contributed by atoms with van der Waals surface area (Å²) < 4.78 is 5.42. The van der Waals surface area contributed by atoms with Crippen molar-refractivity contribution in [3.8, 4) is 5.88 Å². The van der Waals surface area contributed by atoms with Crippen molar-refractivity contribution in [1.82, 2.24) is 20.6 Å². The Bertz CT molecular complexity index is 779. The second-order valence-electron chi connectivity index (χ2n) is 5.27. The second-order valence-corrected chi connectivity index (χ2v) is 5.27. The van der Waals surface area contributed by atoms with Gasteiger partial charge in [0.2, 0.25) is 5.88 Å². The maximum absolute atomic E-state index is 12.1. The molecule has 0 spiro atoms. The van der Waals surface area contributed by atoms with Crippen molar-refractivity contribution < 1.29 is 9.53 Å². The van der Waals surface area contributed by atoms with E-state index in [0.29, 0.717) is 36.1 Å². The third-order valence-corrected chi connectivity index (χ3v) is 3.37. The summed E-state index contributed by atoms with van der Waals surface area (Å²) >= 11 is 0. The number of urea groups is 1. The highest BCUT2D eigenvalue weighted by Crippen LogP contribution is 2.16. The van der Waals surface area contributed by atoms with Crippen LogP contribution in [0.1, 0.15) is 25.0 Å². The standard InChI is InChI=1S/C17H23N7O2/c1-3-20-15(19)12-10-22-14(8-13(12)18)24-17(25)23-9-11-6-5-7-21-16(11)26-4-2/h5-8,10H,3-4,9H2,1-2H3,(H2,19,20)(H4,18,22,23,24,25). The molecule has 0 aliphatic heterocycles. The fourth-order valence-electron chi connectivity index (χ4n) is 2.18. The number of hydrogen-bond acceptors (Lipinski definition) is 6. The Kier molecular flexibility index (Phi) is 6.72. The monoisotopic (exact) mass is 357 g/mol. The summed E-state index contributed by atoms with van der Waals surface area (Å²) in [4.78, 5) is 20.3. The quantitative estimate of drug-likeness (QED) is 0.378. The number of nitrogens with two attached hydrogens (primary N) is 1. The topological polar surface area (TPSA) is 138 Å². The van der Waals surface area contributed by atoms with Crippen LogP contribution in [0.3, 0.4) is 0 Å². The van der Waals surface area contributed by atoms with Crippen molar-refractivity contribution in [1.29, 1.82) is 5.41 Å². The molecule has 26 heavy (non-hydrogen) atoms. The molecule has 138 valence electrons. The highest BCUT2D eigenvalue weighted by molar-refractivity contribution is 6.01. The van der Waals surface area contributed by atoms with Crippen molar-refractivity contribution in [2.75, 3.05) is 24.2 Å². The second kappa shape index (κ2) is 9.21. The highest BCUT2D eigenvalue weighted by atomic mass is 16.5. The van der Waals surface area contributed by atoms with Crippen molar-refractivity contribution in [3.05, 3.63) is 41.7 Å². The molecule has 0 unspecified atom stereocenters. The zero-order valence-electron chi connectivity index (χ0n) is 14.8. The number of ether oxygens (including phenoxy) is 1. The molecule has 0 atom stereocenters. The zero-order chi connectivity index (χ0) is 18.9. The first-order valence-corrected chi connectivity index (χ1v) is 8.25. The number of hydrogen-bond donors (Lipinski definition) is 5. The average molecular weight is 357 g/mol. The van der Waals surface area contributed by atoms with E-state index in [-0.39, 0.29) is 12.4 Å². The molecular formula is C17H23N7O2. The smallest absolute Gasteiger partial charge is 0.320 e. The van der Waals surface area contributed by atoms with Gasteiger partial charge in [-0.3, -0.25) is 10.7 Å². The number of nitrogen functional groups attached to an aromatic ring is 1. The summed E-state index contributed by atoms with van der Waals surface area (Å²) in [6.07, 6.45) is 3.08. The van der Waals surface area contributed by atoms with Crippen molar-refractivity contribution in [2.45, 2.75) is 20.4 Å². The van der Waals surface area contributed by atoms with Gasteiger partial charge in [0, 0.05) is 42.8 Å². The number of carbonyl (C=O) groups excluding carboxylic acids is 1. The number of rotatable bonds is 7. The van der Waals surface area contributed by atoms with Crippen LogP contribution in [-0.4, -0.2) is 35.0 Å². The molecule has 0 saturated heterocycles. The van der Waals surface area contributed by atoms with E-state index in [1.165, 1.54) is 12.3 Å². The summed E-state index contributed by atoms with van der Waals surface area (Å²) in [6, 6.07) is 4.68. The third-order valence-electron chi connectivity index (χ3n) is 3.37. The summed E-state index contributed by atoms with van der Waals surface area (Å²) in [7, 11) is 0. The fraction of sp³-hybridized carbons (Fsp3) is 0.294. The molecule has 0 aromatic carbocycles. The molecule has 2 heterocycles. The first-order valence-electron chi connectivity index (χ1n) is 8.25. The van der Waals surface area contributed by atoms with Gasteiger partial charge in [-0.15, -0.1) is 0 Å². The molecule has 2 amide bonds. The molecule has 6 N–H and O–H groups in total. The van der Waals surface area contributed by atoms with E-state index in [1.807, 2.05) is 19.9 Å². The summed E-state index contributed by atoms with van der Waals surface area (Å²) in [5.41, 5.74) is 7.53.